The van der Waals surface area contributed by atoms with Crippen molar-refractivity contribution in [3.8, 4) is 0 Å². The van der Waals surface area contributed by atoms with E-state index in [0.717, 1.165) is 25.9 Å². The third kappa shape index (κ3) is 7.16. The van der Waals surface area contributed by atoms with Gasteiger partial charge >= 0.3 is 6.03 Å². The van der Waals surface area contributed by atoms with Gasteiger partial charge in [-0.2, -0.15) is 0 Å². The zero-order valence-corrected chi connectivity index (χ0v) is 12.8. The summed E-state index contributed by atoms with van der Waals surface area (Å²) in [4.78, 5) is 15.6. The number of carbonyl (C=O) groups is 1. The molecule has 0 saturated heterocycles. The van der Waals surface area contributed by atoms with Gasteiger partial charge in [-0.15, -0.1) is 0 Å². The summed E-state index contributed by atoms with van der Waals surface area (Å²) in [5.41, 5.74) is 0. The molecule has 0 spiro atoms. The molecule has 1 aromatic heterocycles. The standard InChI is InChI=1S/C15H28N4O/c1-3-5-7-14(4-2)12-18-15(20)17-8-6-10-19-11-9-16-13-19/h9,11,13-14H,3-8,10,12H2,1-2H3,(H2,17,18,20)/t14-/m1/s1. The number of aryl methyl sites for hydroxylation is 1. The Hall–Kier alpha value is -1.52. The normalized spacial score (nSPS) is 12.1. The highest BCUT2D eigenvalue weighted by molar-refractivity contribution is 5.73. The minimum absolute atomic E-state index is 0.0504. The van der Waals surface area contributed by atoms with E-state index in [0.29, 0.717) is 12.5 Å². The van der Waals surface area contributed by atoms with Crippen LogP contribution in [0.1, 0.15) is 46.0 Å². The number of imidazole rings is 1. The summed E-state index contributed by atoms with van der Waals surface area (Å²) in [6.45, 7) is 6.74. The largest absolute Gasteiger partial charge is 0.338 e. The first kappa shape index (κ1) is 16.5. The second kappa shape index (κ2) is 10.3. The molecule has 0 bridgehead atoms. The molecule has 2 amide bonds. The van der Waals surface area contributed by atoms with Gasteiger partial charge in [0.2, 0.25) is 0 Å². The molecular weight excluding hydrogens is 252 g/mol. The predicted molar refractivity (Wildman–Crippen MR) is 81.6 cm³/mol. The maximum atomic E-state index is 11.7. The average molecular weight is 280 g/mol. The summed E-state index contributed by atoms with van der Waals surface area (Å²) in [5, 5.41) is 5.86. The molecule has 0 aliphatic heterocycles. The number of carbonyl (C=O) groups excluding carboxylic acids is 1. The molecule has 0 saturated carbocycles. The van der Waals surface area contributed by atoms with Crippen molar-refractivity contribution in [2.75, 3.05) is 13.1 Å². The lowest BCUT2D eigenvalue weighted by molar-refractivity contribution is 0.238. The second-order valence-electron chi connectivity index (χ2n) is 5.21. The number of nitrogens with one attached hydrogen (secondary N) is 2. The van der Waals surface area contributed by atoms with Crippen molar-refractivity contribution in [3.05, 3.63) is 18.7 Å². The van der Waals surface area contributed by atoms with E-state index in [-0.39, 0.29) is 6.03 Å². The van der Waals surface area contributed by atoms with Gasteiger partial charge in [-0.05, 0) is 18.8 Å². The van der Waals surface area contributed by atoms with Gasteiger partial charge in [-0.25, -0.2) is 9.78 Å². The van der Waals surface area contributed by atoms with Crippen molar-refractivity contribution in [2.24, 2.45) is 5.92 Å². The van der Waals surface area contributed by atoms with E-state index in [1.54, 1.807) is 12.5 Å². The lowest BCUT2D eigenvalue weighted by Crippen LogP contribution is -2.38. The van der Waals surface area contributed by atoms with Crippen LogP contribution < -0.4 is 10.6 Å². The Morgan fingerprint density at radius 2 is 2.15 bits per heavy atom. The van der Waals surface area contributed by atoms with E-state index in [1.165, 1.54) is 19.3 Å². The summed E-state index contributed by atoms with van der Waals surface area (Å²) in [6.07, 6.45) is 11.2. The number of rotatable bonds is 10. The van der Waals surface area contributed by atoms with E-state index < -0.39 is 0 Å². The number of urea groups is 1. The topological polar surface area (TPSA) is 59.0 Å². The van der Waals surface area contributed by atoms with Gasteiger partial charge in [0.25, 0.3) is 0 Å². The molecule has 1 atom stereocenters. The summed E-state index contributed by atoms with van der Waals surface area (Å²) < 4.78 is 2.01. The molecule has 20 heavy (non-hydrogen) atoms. The number of nitrogens with zero attached hydrogens (tertiary/aromatic N) is 2. The minimum Gasteiger partial charge on any atom is -0.338 e. The first-order valence-electron chi connectivity index (χ1n) is 7.73. The van der Waals surface area contributed by atoms with E-state index in [4.69, 9.17) is 0 Å². The minimum atomic E-state index is -0.0504. The number of hydrogen-bond acceptors (Lipinski definition) is 2. The zero-order chi connectivity index (χ0) is 14.6. The molecule has 0 unspecified atom stereocenters. The summed E-state index contributed by atoms with van der Waals surface area (Å²) >= 11 is 0. The molecule has 0 fully saturated rings. The molecule has 1 aromatic rings. The van der Waals surface area contributed by atoms with Crippen LogP contribution in [0.4, 0.5) is 4.79 Å². The number of amides is 2. The predicted octanol–water partition coefficient (Wildman–Crippen LogP) is 2.79. The van der Waals surface area contributed by atoms with Crippen LogP contribution in [0.15, 0.2) is 18.7 Å². The average Bonchev–Trinajstić information content (AvgIpc) is 2.97. The molecule has 114 valence electrons. The summed E-state index contributed by atoms with van der Waals surface area (Å²) in [7, 11) is 0. The van der Waals surface area contributed by atoms with Crippen LogP contribution in [0.2, 0.25) is 0 Å². The van der Waals surface area contributed by atoms with Crippen LogP contribution in [-0.4, -0.2) is 28.7 Å². The van der Waals surface area contributed by atoms with Gasteiger partial charge in [0.1, 0.15) is 0 Å². The highest BCUT2D eigenvalue weighted by atomic mass is 16.2. The first-order valence-corrected chi connectivity index (χ1v) is 7.73. The van der Waals surface area contributed by atoms with Crippen LogP contribution in [0, 0.1) is 5.92 Å². The van der Waals surface area contributed by atoms with Crippen molar-refractivity contribution in [1.82, 2.24) is 20.2 Å². The van der Waals surface area contributed by atoms with Gasteiger partial charge in [0.15, 0.2) is 0 Å². The highest BCUT2D eigenvalue weighted by Crippen LogP contribution is 2.10. The Morgan fingerprint density at radius 1 is 1.30 bits per heavy atom. The van der Waals surface area contributed by atoms with Gasteiger partial charge in [-0.1, -0.05) is 33.1 Å². The van der Waals surface area contributed by atoms with Crippen LogP contribution >= 0.6 is 0 Å². The smallest absolute Gasteiger partial charge is 0.314 e. The van der Waals surface area contributed by atoms with Crippen LogP contribution in [0.3, 0.4) is 0 Å². The fourth-order valence-electron chi connectivity index (χ4n) is 2.13. The molecule has 0 aromatic carbocycles. The van der Waals surface area contributed by atoms with Gasteiger partial charge in [0.05, 0.1) is 6.33 Å². The number of unbranched alkanes of at least 4 members (excludes halogenated alkanes) is 1. The Balaban J connectivity index is 2.04. The van der Waals surface area contributed by atoms with E-state index in [1.807, 2.05) is 10.8 Å². The molecule has 5 heteroatoms. The SMILES string of the molecule is CCCC[C@@H](CC)CNC(=O)NCCCn1ccnc1. The van der Waals surface area contributed by atoms with E-state index in [9.17, 15) is 4.79 Å². The Bertz CT molecular complexity index is 351. The lowest BCUT2D eigenvalue weighted by Gasteiger charge is -2.15. The summed E-state index contributed by atoms with van der Waals surface area (Å²) in [6, 6.07) is -0.0504. The van der Waals surface area contributed by atoms with Crippen LogP contribution in [0.25, 0.3) is 0 Å². The van der Waals surface area contributed by atoms with Crippen molar-refractivity contribution < 1.29 is 4.79 Å². The maximum Gasteiger partial charge on any atom is 0.314 e. The molecular formula is C15H28N4O. The number of aromatic nitrogens is 2. The van der Waals surface area contributed by atoms with E-state index >= 15 is 0 Å². The Labute approximate surface area is 122 Å². The molecule has 2 N–H and O–H groups in total. The first-order chi connectivity index (χ1) is 9.76. The molecule has 0 radical (unpaired) electrons. The van der Waals surface area contributed by atoms with E-state index in [2.05, 4.69) is 29.5 Å². The fourth-order valence-corrected chi connectivity index (χ4v) is 2.13. The third-order valence-electron chi connectivity index (χ3n) is 3.53. The van der Waals surface area contributed by atoms with Crippen LogP contribution in [-0.2, 0) is 6.54 Å². The quantitative estimate of drug-likeness (QED) is 0.647. The second-order valence-corrected chi connectivity index (χ2v) is 5.21. The zero-order valence-electron chi connectivity index (χ0n) is 12.8. The monoisotopic (exact) mass is 280 g/mol. The maximum absolute atomic E-state index is 11.7. The van der Waals surface area contributed by atoms with Gasteiger partial charge < -0.3 is 15.2 Å². The van der Waals surface area contributed by atoms with Crippen LogP contribution in [0.5, 0.6) is 0 Å². The van der Waals surface area contributed by atoms with Crippen molar-refractivity contribution in [3.63, 3.8) is 0 Å². The lowest BCUT2D eigenvalue weighted by atomic mass is 9.99. The van der Waals surface area contributed by atoms with Crippen molar-refractivity contribution in [1.29, 1.82) is 0 Å². The van der Waals surface area contributed by atoms with Gasteiger partial charge in [0, 0.05) is 32.0 Å². The van der Waals surface area contributed by atoms with Crippen molar-refractivity contribution in [2.45, 2.75) is 52.5 Å². The van der Waals surface area contributed by atoms with Gasteiger partial charge in [-0.3, -0.25) is 0 Å². The molecule has 5 nitrogen and oxygen atoms in total. The fraction of sp³-hybridized carbons (Fsp3) is 0.733. The Kier molecular flexibility index (Phi) is 8.51. The molecule has 1 heterocycles. The third-order valence-corrected chi connectivity index (χ3v) is 3.53. The Morgan fingerprint density at radius 3 is 2.80 bits per heavy atom. The van der Waals surface area contributed by atoms with Crippen molar-refractivity contribution >= 4 is 6.03 Å². The number of hydrogen-bond donors (Lipinski definition) is 2. The highest BCUT2D eigenvalue weighted by Gasteiger charge is 2.07. The molecule has 1 rings (SSSR count). The summed E-state index contributed by atoms with van der Waals surface area (Å²) in [5.74, 6) is 0.603. The molecule has 0 aliphatic rings. The molecule has 0 aliphatic carbocycles.